The fraction of sp³-hybridized carbons (Fsp3) is 0.188. The zero-order chi connectivity index (χ0) is 18.2. The van der Waals surface area contributed by atoms with Crippen molar-refractivity contribution in [1.29, 1.82) is 0 Å². The lowest BCUT2D eigenvalue weighted by molar-refractivity contribution is 0.0446. The van der Waals surface area contributed by atoms with Gasteiger partial charge in [0.25, 0.3) is 10.0 Å². The van der Waals surface area contributed by atoms with E-state index in [9.17, 15) is 13.2 Å². The number of ether oxygens (including phenoxy) is 1. The van der Waals surface area contributed by atoms with Gasteiger partial charge in [-0.15, -0.1) is 11.3 Å². The van der Waals surface area contributed by atoms with Crippen LogP contribution in [0.15, 0.2) is 45.9 Å². The zero-order valence-corrected chi connectivity index (χ0v) is 15.7. The Hall–Kier alpha value is -1.87. The zero-order valence-electron chi connectivity index (χ0n) is 13.4. The Kier molecular flexibility index (Phi) is 4.88. The van der Waals surface area contributed by atoms with E-state index in [2.05, 4.69) is 0 Å². The minimum absolute atomic E-state index is 0.188. The van der Waals surface area contributed by atoms with Crippen molar-refractivity contribution in [3.63, 3.8) is 0 Å². The van der Waals surface area contributed by atoms with Crippen LogP contribution in [-0.4, -0.2) is 32.8 Å². The van der Waals surface area contributed by atoms with Crippen LogP contribution in [0.3, 0.4) is 0 Å². The second kappa shape index (κ2) is 6.80. The number of thiophene rings is 1. The van der Waals surface area contributed by atoms with Crippen molar-refractivity contribution < 1.29 is 22.4 Å². The second-order valence-electron chi connectivity index (χ2n) is 5.33. The van der Waals surface area contributed by atoms with Crippen LogP contribution in [0.5, 0.6) is 0 Å². The van der Waals surface area contributed by atoms with Crippen LogP contribution in [0.2, 0.25) is 5.02 Å². The molecule has 0 bridgehead atoms. The van der Waals surface area contributed by atoms with Crippen LogP contribution in [0.1, 0.15) is 15.4 Å². The smallest absolute Gasteiger partial charge is 0.350 e. The van der Waals surface area contributed by atoms with Gasteiger partial charge >= 0.3 is 5.97 Å². The number of hydrogen-bond donors (Lipinski definition) is 0. The Balaban J connectivity index is 1.74. The summed E-state index contributed by atoms with van der Waals surface area (Å²) in [6, 6.07) is 10.2. The number of benzene rings is 1. The van der Waals surface area contributed by atoms with Crippen LogP contribution in [-0.2, 0) is 21.4 Å². The van der Waals surface area contributed by atoms with Gasteiger partial charge in [0.1, 0.15) is 17.2 Å². The quantitative estimate of drug-likeness (QED) is 0.610. The monoisotopic (exact) mass is 399 g/mol. The van der Waals surface area contributed by atoms with Crippen molar-refractivity contribution in [2.45, 2.75) is 11.7 Å². The van der Waals surface area contributed by atoms with E-state index < -0.39 is 16.0 Å². The highest BCUT2D eigenvalue weighted by molar-refractivity contribution is 7.88. The van der Waals surface area contributed by atoms with E-state index in [0.717, 1.165) is 14.4 Å². The summed E-state index contributed by atoms with van der Waals surface area (Å²) in [5.41, 5.74) is 0. The number of nitrogens with zero attached hydrogens (tertiary/aromatic N) is 1. The van der Waals surface area contributed by atoms with Gasteiger partial charge < -0.3 is 9.15 Å². The first-order valence-electron chi connectivity index (χ1n) is 7.16. The molecule has 2 heterocycles. The van der Waals surface area contributed by atoms with E-state index in [1.54, 1.807) is 0 Å². The predicted molar refractivity (Wildman–Crippen MR) is 95.5 cm³/mol. The van der Waals surface area contributed by atoms with Crippen molar-refractivity contribution >= 4 is 49.0 Å². The SMILES string of the molecule is CN(C)S(=O)(=O)c1ccc(COC(=O)c2sc3ccccc3c2Cl)o1. The van der Waals surface area contributed by atoms with Crippen LogP contribution < -0.4 is 0 Å². The summed E-state index contributed by atoms with van der Waals surface area (Å²) in [7, 11) is -0.856. The molecular formula is C16H14ClNO5S2. The van der Waals surface area contributed by atoms with Gasteiger partial charge in [-0.3, -0.25) is 0 Å². The number of esters is 1. The minimum Gasteiger partial charge on any atom is -0.453 e. The molecule has 132 valence electrons. The van der Waals surface area contributed by atoms with Gasteiger partial charge in [0.2, 0.25) is 5.09 Å². The van der Waals surface area contributed by atoms with Crippen molar-refractivity contribution in [1.82, 2.24) is 4.31 Å². The number of rotatable bonds is 5. The number of sulfonamides is 1. The number of hydrogen-bond acceptors (Lipinski definition) is 6. The average Bonchev–Trinajstić information content (AvgIpc) is 3.18. The van der Waals surface area contributed by atoms with E-state index in [4.69, 9.17) is 20.8 Å². The molecule has 0 fully saturated rings. The van der Waals surface area contributed by atoms with Crippen LogP contribution in [0.25, 0.3) is 10.1 Å². The number of fused-ring (bicyclic) bond motifs is 1. The fourth-order valence-corrected chi connectivity index (χ4v) is 4.32. The molecule has 0 aliphatic carbocycles. The second-order valence-corrected chi connectivity index (χ2v) is 8.84. The molecule has 0 amide bonds. The number of carbonyl (C=O) groups excluding carboxylic acids is 1. The maximum atomic E-state index is 12.3. The largest absolute Gasteiger partial charge is 0.453 e. The van der Waals surface area contributed by atoms with Gasteiger partial charge in [0.05, 0.1) is 5.02 Å². The summed E-state index contributed by atoms with van der Waals surface area (Å²) < 4.78 is 36.3. The molecule has 3 rings (SSSR count). The van der Waals surface area contributed by atoms with Crippen molar-refractivity contribution in [3.8, 4) is 0 Å². The Morgan fingerprint density at radius 1 is 1.24 bits per heavy atom. The third kappa shape index (κ3) is 3.43. The molecule has 0 saturated carbocycles. The van der Waals surface area contributed by atoms with E-state index >= 15 is 0 Å². The van der Waals surface area contributed by atoms with Gasteiger partial charge in [0, 0.05) is 24.2 Å². The van der Waals surface area contributed by atoms with Crippen molar-refractivity contribution in [3.05, 3.63) is 52.1 Å². The Bertz CT molecular complexity index is 1040. The molecule has 6 nitrogen and oxygen atoms in total. The molecule has 1 aromatic carbocycles. The van der Waals surface area contributed by atoms with E-state index in [-0.39, 0.29) is 17.5 Å². The Morgan fingerprint density at radius 2 is 1.96 bits per heavy atom. The molecule has 0 unspecified atom stereocenters. The topological polar surface area (TPSA) is 76.8 Å². The van der Waals surface area contributed by atoms with E-state index in [1.807, 2.05) is 24.3 Å². The standard InChI is InChI=1S/C16H14ClNO5S2/c1-18(2)25(20,21)13-8-7-10(23-13)9-22-16(19)15-14(17)11-5-3-4-6-12(11)24-15/h3-8H,9H2,1-2H3. The first kappa shape index (κ1) is 17.9. The molecule has 0 N–H and O–H groups in total. The summed E-state index contributed by atoms with van der Waals surface area (Å²) in [5, 5.41) is 0.933. The molecule has 0 saturated heterocycles. The summed E-state index contributed by atoms with van der Waals surface area (Å²) >= 11 is 7.47. The summed E-state index contributed by atoms with van der Waals surface area (Å²) in [4.78, 5) is 12.6. The first-order chi connectivity index (χ1) is 11.8. The highest BCUT2D eigenvalue weighted by atomic mass is 35.5. The number of furan rings is 1. The molecule has 2 aromatic heterocycles. The van der Waals surface area contributed by atoms with Gasteiger partial charge in [0.15, 0.2) is 0 Å². The molecule has 0 aliphatic rings. The molecule has 0 atom stereocenters. The molecular weight excluding hydrogens is 386 g/mol. The number of carbonyl (C=O) groups is 1. The summed E-state index contributed by atoms with van der Waals surface area (Å²) in [6.07, 6.45) is 0. The highest BCUT2D eigenvalue weighted by Crippen LogP contribution is 2.35. The minimum atomic E-state index is -3.66. The van der Waals surface area contributed by atoms with Gasteiger partial charge in [-0.1, -0.05) is 29.8 Å². The lowest BCUT2D eigenvalue weighted by atomic mass is 10.2. The lowest BCUT2D eigenvalue weighted by Crippen LogP contribution is -2.21. The molecule has 0 radical (unpaired) electrons. The Morgan fingerprint density at radius 3 is 2.64 bits per heavy atom. The molecule has 0 aliphatic heterocycles. The van der Waals surface area contributed by atoms with Crippen molar-refractivity contribution in [2.75, 3.05) is 14.1 Å². The van der Waals surface area contributed by atoms with Crippen LogP contribution in [0, 0.1) is 0 Å². The van der Waals surface area contributed by atoms with Gasteiger partial charge in [-0.05, 0) is 18.2 Å². The third-order valence-electron chi connectivity index (χ3n) is 3.44. The first-order valence-corrected chi connectivity index (χ1v) is 9.79. The predicted octanol–water partition coefficient (Wildman–Crippen LogP) is 3.76. The lowest BCUT2D eigenvalue weighted by Gasteiger charge is -2.07. The highest BCUT2D eigenvalue weighted by Gasteiger charge is 2.23. The Labute approximate surface area is 153 Å². The van der Waals surface area contributed by atoms with Gasteiger partial charge in [-0.25, -0.2) is 17.5 Å². The molecule has 9 heteroatoms. The summed E-state index contributed by atoms with van der Waals surface area (Å²) in [6.45, 7) is -0.188. The third-order valence-corrected chi connectivity index (χ3v) is 6.78. The van der Waals surface area contributed by atoms with Crippen LogP contribution in [0.4, 0.5) is 0 Å². The number of halogens is 1. The van der Waals surface area contributed by atoms with Gasteiger partial charge in [-0.2, -0.15) is 0 Å². The van der Waals surface area contributed by atoms with Crippen LogP contribution >= 0.6 is 22.9 Å². The maximum absolute atomic E-state index is 12.3. The average molecular weight is 400 g/mol. The molecule has 3 aromatic rings. The summed E-state index contributed by atoms with van der Waals surface area (Å²) in [5.74, 6) is -0.356. The molecule has 25 heavy (non-hydrogen) atoms. The van der Waals surface area contributed by atoms with E-state index in [1.165, 1.54) is 37.6 Å². The van der Waals surface area contributed by atoms with E-state index in [0.29, 0.717) is 9.90 Å². The fourth-order valence-electron chi connectivity index (χ4n) is 2.10. The molecule has 0 spiro atoms. The van der Waals surface area contributed by atoms with Crippen molar-refractivity contribution in [2.24, 2.45) is 0 Å². The normalized spacial score (nSPS) is 12.0. The maximum Gasteiger partial charge on any atom is 0.350 e.